The van der Waals surface area contributed by atoms with E-state index >= 15 is 0 Å². The number of carbonyl (C=O) groups is 1. The second-order valence-electron chi connectivity index (χ2n) is 6.58. The molecule has 1 amide bonds. The number of aryl methyl sites for hydroxylation is 1. The number of hydrogen-bond donors (Lipinski definition) is 2. The molecule has 1 atom stereocenters. The molecule has 0 unspecified atom stereocenters. The zero-order valence-electron chi connectivity index (χ0n) is 12.6. The zero-order chi connectivity index (χ0) is 15.0. The first-order valence-electron chi connectivity index (χ1n) is 7.22. The van der Waals surface area contributed by atoms with E-state index in [1.807, 2.05) is 0 Å². The lowest BCUT2D eigenvalue weighted by Crippen LogP contribution is -2.28. The summed E-state index contributed by atoms with van der Waals surface area (Å²) in [5.41, 5.74) is 2.88. The number of nitrogens with zero attached hydrogens (tertiary/aromatic N) is 2. The lowest BCUT2D eigenvalue weighted by atomic mass is 9.89. The number of aromatic amines is 1. The normalized spacial score (nSPS) is 18.3. The number of fused-ring (bicyclic) bond motifs is 1. The van der Waals surface area contributed by atoms with Crippen LogP contribution in [-0.4, -0.2) is 21.0 Å². The lowest BCUT2D eigenvalue weighted by Gasteiger charge is -2.19. The zero-order valence-corrected chi connectivity index (χ0v) is 12.6. The molecule has 2 heterocycles. The average Bonchev–Trinajstić information content (AvgIpc) is 3.04. The van der Waals surface area contributed by atoms with Gasteiger partial charge in [-0.15, -0.1) is 0 Å². The number of rotatable bonds is 2. The first-order chi connectivity index (χ1) is 9.93. The second kappa shape index (κ2) is 5.02. The Morgan fingerprint density at radius 3 is 3.00 bits per heavy atom. The van der Waals surface area contributed by atoms with E-state index in [0.717, 1.165) is 29.9 Å². The Morgan fingerprint density at radius 1 is 1.48 bits per heavy atom. The van der Waals surface area contributed by atoms with Gasteiger partial charge in [-0.25, -0.2) is 4.98 Å². The predicted octanol–water partition coefficient (Wildman–Crippen LogP) is 2.44. The fourth-order valence-corrected chi connectivity index (χ4v) is 2.54. The van der Waals surface area contributed by atoms with Crippen LogP contribution in [0.4, 0.5) is 5.88 Å². The largest absolute Gasteiger partial charge is 0.348 e. The first kappa shape index (κ1) is 13.9. The Balaban J connectivity index is 1.66. The van der Waals surface area contributed by atoms with Crippen molar-refractivity contribution in [1.82, 2.24) is 15.1 Å². The van der Waals surface area contributed by atoms with Crippen LogP contribution in [-0.2, 0) is 23.1 Å². The van der Waals surface area contributed by atoms with Gasteiger partial charge in [0.05, 0.1) is 17.7 Å². The number of amides is 1. The molecule has 0 saturated carbocycles. The Morgan fingerprint density at radius 2 is 2.29 bits per heavy atom. The van der Waals surface area contributed by atoms with Gasteiger partial charge in [0.25, 0.3) is 0 Å². The summed E-state index contributed by atoms with van der Waals surface area (Å²) in [5, 5.41) is 6.83. The van der Waals surface area contributed by atoms with Gasteiger partial charge in [0.2, 0.25) is 11.8 Å². The molecule has 1 aliphatic carbocycles. The summed E-state index contributed by atoms with van der Waals surface area (Å²) >= 11 is 0. The smallest absolute Gasteiger partial charge is 0.231 e. The fourth-order valence-electron chi connectivity index (χ4n) is 2.54. The maximum absolute atomic E-state index is 12.3. The van der Waals surface area contributed by atoms with Gasteiger partial charge in [-0.05, 0) is 12.8 Å². The van der Waals surface area contributed by atoms with Crippen molar-refractivity contribution < 1.29 is 9.32 Å². The monoisotopic (exact) mass is 288 g/mol. The molecule has 0 aromatic carbocycles. The van der Waals surface area contributed by atoms with Crippen LogP contribution in [0.3, 0.4) is 0 Å². The Labute approximate surface area is 123 Å². The van der Waals surface area contributed by atoms with Crippen molar-refractivity contribution in [1.29, 1.82) is 0 Å². The molecule has 0 aliphatic heterocycles. The molecule has 0 fully saturated rings. The van der Waals surface area contributed by atoms with Crippen LogP contribution < -0.4 is 5.32 Å². The molecule has 0 saturated heterocycles. The Hall–Kier alpha value is -2.11. The highest BCUT2D eigenvalue weighted by molar-refractivity contribution is 5.91. The average molecular weight is 288 g/mol. The van der Waals surface area contributed by atoms with Crippen molar-refractivity contribution in [2.24, 2.45) is 5.92 Å². The van der Waals surface area contributed by atoms with Crippen molar-refractivity contribution >= 4 is 11.8 Å². The number of anilines is 1. The third-order valence-corrected chi connectivity index (χ3v) is 3.88. The summed E-state index contributed by atoms with van der Waals surface area (Å²) in [6.45, 7) is 6.16. The molecule has 0 spiro atoms. The number of aromatic nitrogens is 3. The molecule has 6 nitrogen and oxygen atoms in total. The minimum absolute atomic E-state index is 0.0214. The van der Waals surface area contributed by atoms with E-state index in [9.17, 15) is 4.79 Å². The number of carbonyl (C=O) groups excluding carboxylic acids is 1. The lowest BCUT2D eigenvalue weighted by molar-refractivity contribution is -0.120. The highest BCUT2D eigenvalue weighted by atomic mass is 16.5. The van der Waals surface area contributed by atoms with Crippen molar-refractivity contribution in [3.05, 3.63) is 29.5 Å². The van der Waals surface area contributed by atoms with Crippen LogP contribution in [0, 0.1) is 5.92 Å². The molecule has 21 heavy (non-hydrogen) atoms. The van der Waals surface area contributed by atoms with Gasteiger partial charge in [-0.1, -0.05) is 25.9 Å². The summed E-state index contributed by atoms with van der Waals surface area (Å²) in [4.78, 5) is 19.7. The van der Waals surface area contributed by atoms with Crippen molar-refractivity contribution in [3.63, 3.8) is 0 Å². The summed E-state index contributed by atoms with van der Waals surface area (Å²) in [7, 11) is 0. The van der Waals surface area contributed by atoms with Crippen LogP contribution in [0.25, 0.3) is 0 Å². The van der Waals surface area contributed by atoms with E-state index in [2.05, 4.69) is 41.2 Å². The van der Waals surface area contributed by atoms with Gasteiger partial charge in [0.1, 0.15) is 0 Å². The molecule has 112 valence electrons. The van der Waals surface area contributed by atoms with E-state index in [0.29, 0.717) is 12.3 Å². The topological polar surface area (TPSA) is 83.8 Å². The van der Waals surface area contributed by atoms with Gasteiger partial charge in [-0.2, -0.15) is 0 Å². The molecule has 2 aromatic heterocycles. The summed E-state index contributed by atoms with van der Waals surface area (Å²) < 4.78 is 5.20. The number of hydrogen-bond acceptors (Lipinski definition) is 4. The van der Waals surface area contributed by atoms with Crippen LogP contribution in [0.15, 0.2) is 16.9 Å². The van der Waals surface area contributed by atoms with E-state index in [1.54, 1.807) is 12.4 Å². The minimum Gasteiger partial charge on any atom is -0.348 e. The van der Waals surface area contributed by atoms with Crippen molar-refractivity contribution in [2.75, 3.05) is 5.32 Å². The second-order valence-corrected chi connectivity index (χ2v) is 6.58. The molecule has 1 aliphatic rings. The van der Waals surface area contributed by atoms with E-state index in [1.165, 1.54) is 0 Å². The number of nitrogens with one attached hydrogen (secondary N) is 2. The van der Waals surface area contributed by atoms with Gasteiger partial charge < -0.3 is 9.51 Å². The number of imidazole rings is 1. The van der Waals surface area contributed by atoms with Crippen molar-refractivity contribution in [2.45, 2.75) is 45.4 Å². The van der Waals surface area contributed by atoms with Gasteiger partial charge in [0.15, 0.2) is 0 Å². The number of H-pyrrole nitrogens is 1. The third kappa shape index (κ3) is 2.84. The van der Waals surface area contributed by atoms with E-state index in [-0.39, 0.29) is 17.2 Å². The molecule has 2 aromatic rings. The minimum atomic E-state index is -0.0951. The van der Waals surface area contributed by atoms with Crippen LogP contribution in [0.2, 0.25) is 0 Å². The molecule has 3 rings (SSSR count). The van der Waals surface area contributed by atoms with Gasteiger partial charge >= 0.3 is 0 Å². The molecular formula is C15H20N4O2. The molecule has 0 bridgehead atoms. The van der Waals surface area contributed by atoms with Crippen LogP contribution in [0.5, 0.6) is 0 Å². The maximum Gasteiger partial charge on any atom is 0.231 e. The van der Waals surface area contributed by atoms with Crippen molar-refractivity contribution in [3.8, 4) is 0 Å². The van der Waals surface area contributed by atoms with Gasteiger partial charge in [-0.3, -0.25) is 10.1 Å². The predicted molar refractivity (Wildman–Crippen MR) is 77.9 cm³/mol. The molecule has 2 N–H and O–H groups in total. The van der Waals surface area contributed by atoms with Crippen LogP contribution in [0.1, 0.15) is 44.3 Å². The van der Waals surface area contributed by atoms with Crippen LogP contribution >= 0.6 is 0 Å². The first-order valence-corrected chi connectivity index (χ1v) is 7.22. The quantitative estimate of drug-likeness (QED) is 0.889. The Bertz CT molecular complexity index is 651. The molecule has 6 heteroatoms. The highest BCUT2D eigenvalue weighted by Gasteiger charge is 2.27. The highest BCUT2D eigenvalue weighted by Crippen LogP contribution is 2.26. The third-order valence-electron chi connectivity index (χ3n) is 3.88. The van der Waals surface area contributed by atoms with Gasteiger partial charge in [0, 0.05) is 29.5 Å². The molecule has 0 radical (unpaired) electrons. The standard InChI is InChI=1S/C15H20N4O2/c1-15(2,3)12-7-13(21-19-12)18-14(20)9-4-5-10-11(6-9)17-8-16-10/h7-9H,4-6H2,1-3H3,(H,16,17)(H,18,20)/t9-/m1/s1. The van der Waals surface area contributed by atoms with E-state index in [4.69, 9.17) is 4.52 Å². The summed E-state index contributed by atoms with van der Waals surface area (Å²) in [6.07, 6.45) is 4.03. The fraction of sp³-hybridized carbons (Fsp3) is 0.533. The van der Waals surface area contributed by atoms with E-state index < -0.39 is 0 Å². The summed E-state index contributed by atoms with van der Waals surface area (Å²) in [5.74, 6) is 0.341. The Kier molecular flexibility index (Phi) is 3.31. The SMILES string of the molecule is CC(C)(C)c1cc(NC(=O)[C@@H]2CCc3nc[nH]c3C2)on1. The maximum atomic E-state index is 12.3. The summed E-state index contributed by atoms with van der Waals surface area (Å²) in [6, 6.07) is 1.79. The molecular weight excluding hydrogens is 268 g/mol.